The number of likely N-dealkylation sites (N-methyl/N-ethyl adjacent to an activating group) is 1. The van der Waals surface area contributed by atoms with Gasteiger partial charge in [0.15, 0.2) is 0 Å². The number of piperazine rings is 1. The van der Waals surface area contributed by atoms with Crippen LogP contribution in [-0.4, -0.2) is 48.0 Å². The summed E-state index contributed by atoms with van der Waals surface area (Å²) in [5, 5.41) is 12.4. The van der Waals surface area contributed by atoms with E-state index in [1.54, 1.807) is 17.4 Å². The van der Waals surface area contributed by atoms with Gasteiger partial charge in [0, 0.05) is 37.8 Å². The zero-order valence-electron chi connectivity index (χ0n) is 13.9. The third kappa shape index (κ3) is 3.08. The molecule has 0 N–H and O–H groups in total. The number of hydrogen-bond acceptors (Lipinski definition) is 6. The summed E-state index contributed by atoms with van der Waals surface area (Å²) >= 11 is 1.56. The number of rotatable bonds is 3. The molecule has 25 heavy (non-hydrogen) atoms. The largest absolute Gasteiger partial charge is 0.363 e. The highest BCUT2D eigenvalue weighted by Crippen LogP contribution is 2.36. The molecule has 0 saturated carbocycles. The Morgan fingerprint density at radius 1 is 1.12 bits per heavy atom. The molecule has 0 bridgehead atoms. The SMILES string of the molecule is CN1CCN(c2ccc(-c3nc4ccccc4s3)cc2[N+](=O)[O-])CC1. The Labute approximate surface area is 149 Å². The number of hydrogen-bond donors (Lipinski definition) is 0. The zero-order valence-corrected chi connectivity index (χ0v) is 14.7. The molecule has 6 nitrogen and oxygen atoms in total. The van der Waals surface area contributed by atoms with Crippen molar-refractivity contribution < 1.29 is 4.92 Å². The van der Waals surface area contributed by atoms with Gasteiger partial charge in [-0.1, -0.05) is 12.1 Å². The molecule has 0 amide bonds. The number of nitro benzene ring substituents is 1. The van der Waals surface area contributed by atoms with Crippen LogP contribution < -0.4 is 4.90 Å². The molecule has 0 unspecified atom stereocenters. The van der Waals surface area contributed by atoms with E-state index in [4.69, 9.17) is 0 Å². The van der Waals surface area contributed by atoms with Crippen LogP contribution in [0.3, 0.4) is 0 Å². The van der Waals surface area contributed by atoms with E-state index >= 15 is 0 Å². The van der Waals surface area contributed by atoms with Crippen molar-refractivity contribution in [3.63, 3.8) is 0 Å². The molecule has 1 saturated heterocycles. The molecule has 1 aliphatic heterocycles. The summed E-state index contributed by atoms with van der Waals surface area (Å²) in [6.07, 6.45) is 0. The Balaban J connectivity index is 1.73. The fraction of sp³-hybridized carbons (Fsp3) is 0.278. The number of benzene rings is 2. The summed E-state index contributed by atoms with van der Waals surface area (Å²) in [7, 11) is 2.07. The Hall–Kier alpha value is -2.51. The minimum absolute atomic E-state index is 0.154. The normalized spacial score (nSPS) is 15.6. The molecule has 2 heterocycles. The van der Waals surface area contributed by atoms with Crippen molar-refractivity contribution in [3.8, 4) is 10.6 Å². The minimum atomic E-state index is -0.287. The lowest BCUT2D eigenvalue weighted by Gasteiger charge is -2.33. The van der Waals surface area contributed by atoms with Gasteiger partial charge in [0.05, 0.1) is 15.1 Å². The van der Waals surface area contributed by atoms with Crippen LogP contribution in [0.1, 0.15) is 0 Å². The van der Waals surface area contributed by atoms with Crippen molar-refractivity contribution in [3.05, 3.63) is 52.6 Å². The lowest BCUT2D eigenvalue weighted by Crippen LogP contribution is -2.44. The van der Waals surface area contributed by atoms with Crippen molar-refractivity contribution in [2.75, 3.05) is 38.1 Å². The molecule has 0 aliphatic carbocycles. The molecular weight excluding hydrogens is 336 g/mol. The Morgan fingerprint density at radius 2 is 1.88 bits per heavy atom. The van der Waals surface area contributed by atoms with Crippen LogP contribution in [0.5, 0.6) is 0 Å². The van der Waals surface area contributed by atoms with Gasteiger partial charge >= 0.3 is 0 Å². The van der Waals surface area contributed by atoms with Crippen molar-refractivity contribution in [1.82, 2.24) is 9.88 Å². The molecule has 7 heteroatoms. The van der Waals surface area contributed by atoms with Crippen molar-refractivity contribution >= 4 is 32.9 Å². The third-order valence-electron chi connectivity index (χ3n) is 4.56. The second-order valence-corrected chi connectivity index (χ2v) is 7.27. The van der Waals surface area contributed by atoms with E-state index < -0.39 is 0 Å². The molecule has 2 aromatic carbocycles. The lowest BCUT2D eigenvalue weighted by molar-refractivity contribution is -0.384. The first kappa shape index (κ1) is 16.0. The third-order valence-corrected chi connectivity index (χ3v) is 5.64. The van der Waals surface area contributed by atoms with Crippen LogP contribution >= 0.6 is 11.3 Å². The molecule has 4 rings (SSSR count). The molecule has 0 atom stereocenters. The first-order chi connectivity index (χ1) is 12.1. The van der Waals surface area contributed by atoms with Crippen LogP contribution in [0.4, 0.5) is 11.4 Å². The first-order valence-electron chi connectivity index (χ1n) is 8.20. The highest BCUT2D eigenvalue weighted by atomic mass is 32.1. The maximum Gasteiger partial charge on any atom is 0.293 e. The van der Waals surface area contributed by atoms with Gasteiger partial charge in [0.25, 0.3) is 5.69 Å². The molecule has 1 fully saturated rings. The Bertz CT molecular complexity index is 899. The zero-order chi connectivity index (χ0) is 17.4. The monoisotopic (exact) mass is 354 g/mol. The predicted octanol–water partition coefficient (Wildman–Crippen LogP) is 3.62. The molecule has 1 aromatic heterocycles. The second-order valence-electron chi connectivity index (χ2n) is 6.24. The summed E-state index contributed by atoms with van der Waals surface area (Å²) < 4.78 is 1.09. The Morgan fingerprint density at radius 3 is 2.60 bits per heavy atom. The van der Waals surface area contributed by atoms with Crippen LogP contribution in [0.15, 0.2) is 42.5 Å². The maximum atomic E-state index is 11.6. The van der Waals surface area contributed by atoms with E-state index in [1.165, 1.54) is 0 Å². The first-order valence-corrected chi connectivity index (χ1v) is 9.01. The average Bonchev–Trinajstić information content (AvgIpc) is 3.06. The van der Waals surface area contributed by atoms with Crippen molar-refractivity contribution in [2.45, 2.75) is 0 Å². The summed E-state index contributed by atoms with van der Waals surface area (Å²) in [6.45, 7) is 3.43. The topological polar surface area (TPSA) is 62.5 Å². The predicted molar refractivity (Wildman–Crippen MR) is 101 cm³/mol. The smallest absolute Gasteiger partial charge is 0.293 e. The molecular formula is C18H18N4O2S. The lowest BCUT2D eigenvalue weighted by atomic mass is 10.1. The van der Waals surface area contributed by atoms with Crippen molar-refractivity contribution in [1.29, 1.82) is 0 Å². The van der Waals surface area contributed by atoms with Gasteiger partial charge in [-0.05, 0) is 31.3 Å². The standard InChI is InChI=1S/C18H18N4O2S/c1-20-8-10-21(11-9-20)15-7-6-13(12-16(15)22(23)24)18-19-14-4-2-3-5-17(14)25-18/h2-7,12H,8-11H2,1H3. The van der Waals surface area contributed by atoms with Gasteiger partial charge in [-0.25, -0.2) is 4.98 Å². The summed E-state index contributed by atoms with van der Waals surface area (Å²) in [5.41, 5.74) is 2.57. The van der Waals surface area contributed by atoms with Gasteiger partial charge in [-0.2, -0.15) is 0 Å². The number of nitrogens with zero attached hydrogens (tertiary/aromatic N) is 4. The molecule has 3 aromatic rings. The molecule has 0 spiro atoms. The van der Waals surface area contributed by atoms with Gasteiger partial charge in [0.1, 0.15) is 10.7 Å². The number of thiazole rings is 1. The van der Waals surface area contributed by atoms with Crippen molar-refractivity contribution in [2.24, 2.45) is 0 Å². The number of anilines is 1. The van der Waals surface area contributed by atoms with Gasteiger partial charge in [-0.15, -0.1) is 11.3 Å². The number of para-hydroxylation sites is 1. The Kier molecular flexibility index (Phi) is 4.10. The summed E-state index contributed by atoms with van der Waals surface area (Å²) in [4.78, 5) is 20.3. The van der Waals surface area contributed by atoms with E-state index in [-0.39, 0.29) is 10.6 Å². The van der Waals surface area contributed by atoms with Gasteiger partial charge in [-0.3, -0.25) is 10.1 Å². The number of aromatic nitrogens is 1. The second kappa shape index (κ2) is 6.42. The van der Waals surface area contributed by atoms with Gasteiger partial charge < -0.3 is 9.80 Å². The fourth-order valence-electron chi connectivity index (χ4n) is 3.11. The van der Waals surface area contributed by atoms with E-state index in [9.17, 15) is 10.1 Å². The average molecular weight is 354 g/mol. The van der Waals surface area contributed by atoms with E-state index in [0.29, 0.717) is 5.69 Å². The summed E-state index contributed by atoms with van der Waals surface area (Å²) in [5.74, 6) is 0. The van der Waals surface area contributed by atoms with Gasteiger partial charge in [0.2, 0.25) is 0 Å². The van der Waals surface area contributed by atoms with E-state index in [2.05, 4.69) is 21.8 Å². The quantitative estimate of drug-likeness (QED) is 0.531. The molecule has 0 radical (unpaired) electrons. The highest BCUT2D eigenvalue weighted by molar-refractivity contribution is 7.21. The van der Waals surface area contributed by atoms with Crippen LogP contribution in [-0.2, 0) is 0 Å². The molecule has 1 aliphatic rings. The van der Waals surface area contributed by atoms with Crippen LogP contribution in [0.25, 0.3) is 20.8 Å². The number of fused-ring (bicyclic) bond motifs is 1. The number of nitro groups is 1. The maximum absolute atomic E-state index is 11.6. The van der Waals surface area contributed by atoms with Crippen LogP contribution in [0.2, 0.25) is 0 Å². The van der Waals surface area contributed by atoms with Crippen LogP contribution in [0, 0.1) is 10.1 Å². The molecule has 128 valence electrons. The fourth-order valence-corrected chi connectivity index (χ4v) is 4.08. The summed E-state index contributed by atoms with van der Waals surface area (Å²) in [6, 6.07) is 13.4. The minimum Gasteiger partial charge on any atom is -0.363 e. The van der Waals surface area contributed by atoms with E-state index in [0.717, 1.165) is 47.0 Å². The van der Waals surface area contributed by atoms with E-state index in [1.807, 2.05) is 36.4 Å². The highest BCUT2D eigenvalue weighted by Gasteiger charge is 2.23.